The summed E-state index contributed by atoms with van der Waals surface area (Å²) in [5.41, 5.74) is 0.716. The minimum atomic E-state index is 0.131. The van der Waals surface area contributed by atoms with Crippen LogP contribution in [0.5, 0.6) is 5.75 Å². The lowest BCUT2D eigenvalue weighted by Gasteiger charge is -2.03. The number of nitrogens with zero attached hydrogens (tertiary/aromatic N) is 1. The third-order valence-corrected chi connectivity index (χ3v) is 1.35. The topological polar surface area (TPSA) is 21.6 Å². The van der Waals surface area contributed by atoms with Crippen molar-refractivity contribution < 1.29 is 4.74 Å². The quantitative estimate of drug-likeness (QED) is 0.504. The van der Waals surface area contributed by atoms with Crippen molar-refractivity contribution in [2.24, 2.45) is 4.99 Å². The molecule has 0 spiro atoms. The lowest BCUT2D eigenvalue weighted by Crippen LogP contribution is -1.88. The van der Waals surface area contributed by atoms with Crippen LogP contribution in [0.25, 0.3) is 0 Å². The fraction of sp³-hybridized carbons (Fsp3) is 0.125. The molecule has 0 fully saturated rings. The summed E-state index contributed by atoms with van der Waals surface area (Å²) in [5, 5.41) is 0. The number of hydrogen-bond donors (Lipinski definition) is 0. The minimum absolute atomic E-state index is 0.131. The van der Waals surface area contributed by atoms with Gasteiger partial charge in [-0.25, -0.2) is 0 Å². The van der Waals surface area contributed by atoms with E-state index in [1.54, 1.807) is 6.07 Å². The molecule has 1 aromatic carbocycles. The van der Waals surface area contributed by atoms with Gasteiger partial charge in [0.25, 0.3) is 0 Å². The van der Waals surface area contributed by atoms with Gasteiger partial charge in [-0.15, -0.1) is 0 Å². The highest BCUT2D eigenvalue weighted by molar-refractivity contribution is 6.17. The summed E-state index contributed by atoms with van der Waals surface area (Å²) in [7, 11) is 0. The predicted molar refractivity (Wildman–Crippen MR) is 47.0 cm³/mol. The molecule has 0 aromatic heterocycles. The van der Waals surface area contributed by atoms with Crippen molar-refractivity contribution in [2.75, 3.05) is 6.07 Å². The van der Waals surface area contributed by atoms with Gasteiger partial charge in [-0.1, -0.05) is 23.7 Å². The molecule has 11 heavy (non-hydrogen) atoms. The number of benzene rings is 1. The van der Waals surface area contributed by atoms with E-state index in [0.717, 1.165) is 0 Å². The second-order valence-corrected chi connectivity index (χ2v) is 2.10. The third-order valence-electron chi connectivity index (χ3n) is 1.25. The van der Waals surface area contributed by atoms with Crippen LogP contribution in [-0.4, -0.2) is 12.8 Å². The largest absolute Gasteiger partial charge is 0.476 e. The van der Waals surface area contributed by atoms with E-state index in [1.165, 1.54) is 0 Å². The van der Waals surface area contributed by atoms with E-state index < -0.39 is 0 Å². The average molecular weight is 170 g/mol. The van der Waals surface area contributed by atoms with Crippen LogP contribution in [0, 0.1) is 0 Å². The summed E-state index contributed by atoms with van der Waals surface area (Å²) in [6.07, 6.45) is 0. The van der Waals surface area contributed by atoms with Gasteiger partial charge in [-0.3, -0.25) is 4.99 Å². The Morgan fingerprint density at radius 3 is 2.82 bits per heavy atom. The molecule has 0 saturated carbocycles. The molecular weight excluding hydrogens is 162 g/mol. The number of hydrogen-bond acceptors (Lipinski definition) is 2. The van der Waals surface area contributed by atoms with Gasteiger partial charge in [0.15, 0.2) is 6.07 Å². The molecule has 0 N–H and O–H groups in total. The Morgan fingerprint density at radius 2 is 2.18 bits per heavy atom. The zero-order chi connectivity index (χ0) is 8.10. The molecule has 0 radical (unpaired) electrons. The van der Waals surface area contributed by atoms with E-state index in [9.17, 15) is 0 Å². The molecule has 0 atom stereocenters. The Kier molecular flexibility index (Phi) is 2.93. The summed E-state index contributed by atoms with van der Waals surface area (Å²) < 4.78 is 5.06. The van der Waals surface area contributed by atoms with Crippen LogP contribution in [-0.2, 0) is 0 Å². The first-order chi connectivity index (χ1) is 5.38. The normalized spacial score (nSPS) is 9.18. The first-order valence-corrected chi connectivity index (χ1v) is 3.66. The third kappa shape index (κ3) is 1.95. The number of para-hydroxylation sites is 2. The maximum Gasteiger partial charge on any atom is 0.162 e. The minimum Gasteiger partial charge on any atom is -0.476 e. The number of halogens is 1. The Labute approximate surface area is 70.5 Å². The van der Waals surface area contributed by atoms with Crippen molar-refractivity contribution >= 4 is 24.0 Å². The number of aliphatic imine (C=N–C) groups is 1. The van der Waals surface area contributed by atoms with Gasteiger partial charge >= 0.3 is 0 Å². The van der Waals surface area contributed by atoms with Gasteiger partial charge < -0.3 is 4.74 Å². The number of alkyl halides is 1. The van der Waals surface area contributed by atoms with Gasteiger partial charge in [0, 0.05) is 0 Å². The Morgan fingerprint density at radius 1 is 1.45 bits per heavy atom. The van der Waals surface area contributed by atoms with Crippen LogP contribution in [0.3, 0.4) is 0 Å². The number of rotatable bonds is 3. The Bertz CT molecular complexity index is 250. The Hall–Kier alpha value is -1.02. The lowest BCUT2D eigenvalue weighted by atomic mass is 10.3. The van der Waals surface area contributed by atoms with Crippen LogP contribution in [0.1, 0.15) is 0 Å². The maximum absolute atomic E-state index is 5.38. The molecule has 0 aliphatic carbocycles. The molecule has 0 amide bonds. The zero-order valence-corrected chi connectivity index (χ0v) is 6.71. The summed E-state index contributed by atoms with van der Waals surface area (Å²) >= 11 is 5.38. The molecule has 1 aromatic rings. The van der Waals surface area contributed by atoms with Gasteiger partial charge in [0.2, 0.25) is 0 Å². The van der Waals surface area contributed by atoms with Crippen molar-refractivity contribution in [3.8, 4) is 5.75 Å². The molecule has 0 saturated heterocycles. The van der Waals surface area contributed by atoms with E-state index in [4.69, 9.17) is 16.3 Å². The molecule has 58 valence electrons. The highest BCUT2D eigenvalue weighted by atomic mass is 35.5. The monoisotopic (exact) mass is 169 g/mol. The van der Waals surface area contributed by atoms with Crippen molar-refractivity contribution in [3.63, 3.8) is 0 Å². The fourth-order valence-corrected chi connectivity index (χ4v) is 0.886. The van der Waals surface area contributed by atoms with E-state index in [-0.39, 0.29) is 6.07 Å². The molecule has 0 aliphatic heterocycles. The summed E-state index contributed by atoms with van der Waals surface area (Å²) in [4.78, 5) is 3.76. The second-order valence-electron chi connectivity index (χ2n) is 1.88. The van der Waals surface area contributed by atoms with Crippen molar-refractivity contribution in [2.45, 2.75) is 0 Å². The van der Waals surface area contributed by atoms with E-state index in [2.05, 4.69) is 11.7 Å². The molecule has 3 heteroatoms. The second kappa shape index (κ2) is 3.98. The van der Waals surface area contributed by atoms with Crippen molar-refractivity contribution in [3.05, 3.63) is 24.3 Å². The molecule has 2 nitrogen and oxygen atoms in total. The van der Waals surface area contributed by atoms with Crippen LogP contribution in [0.15, 0.2) is 29.3 Å². The summed E-state index contributed by atoms with van der Waals surface area (Å²) in [6, 6.07) is 7.47. The predicted octanol–water partition coefficient (Wildman–Crippen LogP) is 2.59. The van der Waals surface area contributed by atoms with Crippen molar-refractivity contribution in [1.82, 2.24) is 0 Å². The maximum atomic E-state index is 5.38. The van der Waals surface area contributed by atoms with Crippen molar-refractivity contribution in [1.29, 1.82) is 0 Å². The highest BCUT2D eigenvalue weighted by Crippen LogP contribution is 2.25. The van der Waals surface area contributed by atoms with Gasteiger partial charge in [0.1, 0.15) is 11.4 Å². The summed E-state index contributed by atoms with van der Waals surface area (Å²) in [5.74, 6) is 0.664. The van der Waals surface area contributed by atoms with E-state index >= 15 is 0 Å². The molecule has 0 heterocycles. The number of ether oxygens (including phenoxy) is 1. The van der Waals surface area contributed by atoms with Crippen LogP contribution < -0.4 is 4.74 Å². The van der Waals surface area contributed by atoms with E-state index in [0.29, 0.717) is 11.4 Å². The fourth-order valence-electron chi connectivity index (χ4n) is 0.769. The lowest BCUT2D eigenvalue weighted by molar-refractivity contribution is 0.389. The SMILES string of the molecule is C=Nc1ccccc1OCCl. The summed E-state index contributed by atoms with van der Waals surface area (Å²) in [6.45, 7) is 3.40. The van der Waals surface area contributed by atoms with Gasteiger partial charge in [-0.2, -0.15) is 0 Å². The van der Waals surface area contributed by atoms with Crippen LogP contribution in [0.4, 0.5) is 5.69 Å². The Balaban J connectivity index is 2.92. The molecule has 0 aliphatic rings. The smallest absolute Gasteiger partial charge is 0.162 e. The molecule has 0 bridgehead atoms. The first kappa shape index (κ1) is 8.08. The van der Waals surface area contributed by atoms with Crippen LogP contribution >= 0.6 is 11.6 Å². The van der Waals surface area contributed by atoms with Gasteiger partial charge in [-0.05, 0) is 18.9 Å². The molecule has 0 unspecified atom stereocenters. The molecule has 1 rings (SSSR count). The zero-order valence-electron chi connectivity index (χ0n) is 5.96. The average Bonchev–Trinajstić information content (AvgIpc) is 2.06. The standard InChI is InChI=1S/C8H8ClNO/c1-10-7-4-2-3-5-8(7)11-6-9/h2-5H,1,6H2. The first-order valence-electron chi connectivity index (χ1n) is 3.13. The van der Waals surface area contributed by atoms with Crippen LogP contribution in [0.2, 0.25) is 0 Å². The molecular formula is C8H8ClNO. The highest BCUT2D eigenvalue weighted by Gasteiger charge is 1.97. The van der Waals surface area contributed by atoms with E-state index in [1.807, 2.05) is 18.2 Å². The van der Waals surface area contributed by atoms with Gasteiger partial charge in [0.05, 0.1) is 0 Å².